The summed E-state index contributed by atoms with van der Waals surface area (Å²) in [5, 5.41) is 4.90. The van der Waals surface area contributed by atoms with Crippen molar-refractivity contribution in [1.82, 2.24) is 5.32 Å². The first-order chi connectivity index (χ1) is 7.65. The average Bonchev–Trinajstić information content (AvgIpc) is 2.23. The second kappa shape index (κ2) is 7.44. The van der Waals surface area contributed by atoms with Gasteiger partial charge in [-0.25, -0.2) is 0 Å². The van der Waals surface area contributed by atoms with E-state index in [4.69, 9.17) is 23.2 Å². The summed E-state index contributed by atoms with van der Waals surface area (Å²) in [4.78, 5) is 0. The topological polar surface area (TPSA) is 12.0 Å². The smallest absolute Gasteiger partial charge is 0.0424 e. The monoisotopic (exact) mass is 277 g/mol. The summed E-state index contributed by atoms with van der Waals surface area (Å²) in [6.07, 6.45) is 3.26. The van der Waals surface area contributed by atoms with Crippen LogP contribution in [-0.4, -0.2) is 18.1 Å². The van der Waals surface area contributed by atoms with E-state index >= 15 is 0 Å². The van der Waals surface area contributed by atoms with Crippen LogP contribution in [0.25, 0.3) is 0 Å². The first-order valence-electron chi connectivity index (χ1n) is 5.33. The van der Waals surface area contributed by atoms with Gasteiger partial charge < -0.3 is 5.32 Å². The van der Waals surface area contributed by atoms with Gasteiger partial charge in [0, 0.05) is 28.4 Å². The first kappa shape index (κ1) is 14.2. The van der Waals surface area contributed by atoms with E-state index in [2.05, 4.69) is 18.5 Å². The quantitative estimate of drug-likeness (QED) is 0.836. The molecule has 0 radical (unpaired) electrons. The lowest BCUT2D eigenvalue weighted by molar-refractivity contribution is 0.541. The van der Waals surface area contributed by atoms with E-state index in [0.717, 1.165) is 24.3 Å². The molecule has 1 N–H and O–H groups in total. The molecule has 4 heteroatoms. The Balaban J connectivity index is 2.52. The third-order valence-electron chi connectivity index (χ3n) is 2.38. The summed E-state index contributed by atoms with van der Waals surface area (Å²) in [5.74, 6) is 1.13. The molecular formula is C12H17Cl2NS. The molecule has 0 aliphatic heterocycles. The van der Waals surface area contributed by atoms with Crippen LogP contribution in [-0.2, 0) is 6.54 Å². The Morgan fingerprint density at radius 3 is 2.38 bits per heavy atom. The van der Waals surface area contributed by atoms with Crippen molar-refractivity contribution in [1.29, 1.82) is 0 Å². The van der Waals surface area contributed by atoms with Gasteiger partial charge in [-0.2, -0.15) is 11.8 Å². The largest absolute Gasteiger partial charge is 0.309 e. The van der Waals surface area contributed by atoms with E-state index in [1.165, 1.54) is 0 Å². The molecule has 1 nitrogen and oxygen atoms in total. The van der Waals surface area contributed by atoms with Crippen LogP contribution in [0.15, 0.2) is 18.2 Å². The average molecular weight is 278 g/mol. The molecule has 0 fully saturated rings. The van der Waals surface area contributed by atoms with Crippen LogP contribution in [0.3, 0.4) is 0 Å². The van der Waals surface area contributed by atoms with Gasteiger partial charge in [0.05, 0.1) is 0 Å². The third-order valence-corrected chi connectivity index (χ3v) is 3.55. The van der Waals surface area contributed by atoms with Gasteiger partial charge in [0.2, 0.25) is 0 Å². The van der Waals surface area contributed by atoms with E-state index in [1.807, 2.05) is 23.9 Å². The lowest BCUT2D eigenvalue weighted by atomic mass is 10.2. The normalized spacial score (nSPS) is 12.8. The third kappa shape index (κ3) is 4.96. The Bertz CT molecular complexity index is 311. The van der Waals surface area contributed by atoms with Gasteiger partial charge in [-0.15, -0.1) is 0 Å². The highest BCUT2D eigenvalue weighted by Gasteiger charge is 2.05. The van der Waals surface area contributed by atoms with Gasteiger partial charge in [0.15, 0.2) is 0 Å². The van der Waals surface area contributed by atoms with E-state index in [1.54, 1.807) is 6.07 Å². The van der Waals surface area contributed by atoms with Crippen LogP contribution in [0.2, 0.25) is 10.0 Å². The van der Waals surface area contributed by atoms with Crippen LogP contribution < -0.4 is 5.32 Å². The zero-order valence-corrected chi connectivity index (χ0v) is 11.9. The maximum Gasteiger partial charge on any atom is 0.0424 e. The van der Waals surface area contributed by atoms with Crippen LogP contribution >= 0.6 is 35.0 Å². The summed E-state index contributed by atoms with van der Waals surface area (Å²) in [7, 11) is 0. The van der Waals surface area contributed by atoms with Gasteiger partial charge >= 0.3 is 0 Å². The van der Waals surface area contributed by atoms with Crippen molar-refractivity contribution >= 4 is 35.0 Å². The fourth-order valence-electron chi connectivity index (χ4n) is 1.50. The number of nitrogens with one attached hydrogen (secondary N) is 1. The first-order valence-corrected chi connectivity index (χ1v) is 7.48. The van der Waals surface area contributed by atoms with E-state index < -0.39 is 0 Å². The van der Waals surface area contributed by atoms with Crippen molar-refractivity contribution in [3.05, 3.63) is 33.8 Å². The molecule has 1 atom stereocenters. The SMILES string of the molecule is CCC(CSC)NCc1cc(Cl)cc(Cl)c1. The highest BCUT2D eigenvalue weighted by molar-refractivity contribution is 7.98. The lowest BCUT2D eigenvalue weighted by Crippen LogP contribution is -2.30. The Morgan fingerprint density at radius 2 is 1.88 bits per heavy atom. The fraction of sp³-hybridized carbons (Fsp3) is 0.500. The van der Waals surface area contributed by atoms with E-state index in [9.17, 15) is 0 Å². The number of hydrogen-bond acceptors (Lipinski definition) is 2. The standard InChI is InChI=1S/C12H17Cl2NS/c1-3-12(8-16-2)15-7-9-4-10(13)6-11(14)5-9/h4-6,12,15H,3,7-8H2,1-2H3. The minimum absolute atomic E-state index is 0.549. The van der Waals surface area contributed by atoms with Gasteiger partial charge in [-0.3, -0.25) is 0 Å². The Labute approximate surface area is 112 Å². The number of thioether (sulfide) groups is 1. The molecule has 1 aromatic carbocycles. The van der Waals surface area contributed by atoms with E-state index in [-0.39, 0.29) is 0 Å². The van der Waals surface area contributed by atoms with Crippen molar-refractivity contribution in [2.45, 2.75) is 25.9 Å². The number of benzene rings is 1. The highest BCUT2D eigenvalue weighted by atomic mass is 35.5. The summed E-state index contributed by atoms with van der Waals surface area (Å²) < 4.78 is 0. The highest BCUT2D eigenvalue weighted by Crippen LogP contribution is 2.19. The molecule has 90 valence electrons. The minimum atomic E-state index is 0.549. The number of rotatable bonds is 6. The number of halogens is 2. The molecule has 0 saturated carbocycles. The molecule has 0 saturated heterocycles. The summed E-state index contributed by atoms with van der Waals surface area (Å²) in [5.41, 5.74) is 1.14. The molecule has 1 rings (SSSR count). The summed E-state index contributed by atoms with van der Waals surface area (Å²) in [6, 6.07) is 6.21. The molecule has 0 aromatic heterocycles. The predicted octanol–water partition coefficient (Wildman–Crippen LogP) is 4.22. The molecule has 0 aliphatic rings. The van der Waals surface area contributed by atoms with Crippen LogP contribution in [0.5, 0.6) is 0 Å². The van der Waals surface area contributed by atoms with Crippen LogP contribution in [0.4, 0.5) is 0 Å². The molecule has 0 spiro atoms. The Hall–Kier alpha value is 0.110. The van der Waals surface area contributed by atoms with Crippen LogP contribution in [0.1, 0.15) is 18.9 Å². The molecule has 0 amide bonds. The molecule has 0 aliphatic carbocycles. The van der Waals surface area contributed by atoms with Crippen LogP contribution in [0, 0.1) is 0 Å². The minimum Gasteiger partial charge on any atom is -0.309 e. The molecular weight excluding hydrogens is 261 g/mol. The molecule has 1 aromatic rings. The van der Waals surface area contributed by atoms with E-state index in [0.29, 0.717) is 16.1 Å². The zero-order valence-electron chi connectivity index (χ0n) is 9.59. The molecule has 0 heterocycles. The summed E-state index contributed by atoms with van der Waals surface area (Å²) in [6.45, 7) is 3.01. The zero-order chi connectivity index (χ0) is 12.0. The summed E-state index contributed by atoms with van der Waals surface area (Å²) >= 11 is 13.7. The number of hydrogen-bond donors (Lipinski definition) is 1. The Kier molecular flexibility index (Phi) is 6.59. The molecule has 1 unspecified atom stereocenters. The molecule has 16 heavy (non-hydrogen) atoms. The van der Waals surface area contributed by atoms with Crippen molar-refractivity contribution in [2.24, 2.45) is 0 Å². The van der Waals surface area contributed by atoms with Crippen molar-refractivity contribution in [3.8, 4) is 0 Å². The van der Waals surface area contributed by atoms with Gasteiger partial charge in [-0.1, -0.05) is 30.1 Å². The van der Waals surface area contributed by atoms with Crippen molar-refractivity contribution in [2.75, 3.05) is 12.0 Å². The molecule has 0 bridgehead atoms. The maximum atomic E-state index is 5.94. The van der Waals surface area contributed by atoms with Gasteiger partial charge in [0.25, 0.3) is 0 Å². The Morgan fingerprint density at radius 1 is 1.25 bits per heavy atom. The van der Waals surface area contributed by atoms with Gasteiger partial charge in [-0.05, 0) is 36.4 Å². The van der Waals surface area contributed by atoms with Crippen molar-refractivity contribution in [3.63, 3.8) is 0 Å². The second-order valence-corrected chi connectivity index (χ2v) is 5.50. The predicted molar refractivity (Wildman–Crippen MR) is 75.8 cm³/mol. The maximum absolute atomic E-state index is 5.94. The fourth-order valence-corrected chi connectivity index (χ4v) is 2.82. The lowest BCUT2D eigenvalue weighted by Gasteiger charge is -2.15. The van der Waals surface area contributed by atoms with Gasteiger partial charge in [0.1, 0.15) is 0 Å². The van der Waals surface area contributed by atoms with Crippen molar-refractivity contribution < 1.29 is 0 Å². The second-order valence-electron chi connectivity index (χ2n) is 3.72.